The summed E-state index contributed by atoms with van der Waals surface area (Å²) in [7, 11) is 0. The van der Waals surface area contributed by atoms with E-state index in [1.165, 1.54) is 27.8 Å². The molecule has 258 valence electrons. The average molecular weight is 704 g/mol. The van der Waals surface area contributed by atoms with E-state index >= 15 is 0 Å². The third-order valence-corrected chi connectivity index (χ3v) is 10.1. The molecule has 0 radical (unpaired) electrons. The minimum absolute atomic E-state index is 0.595. The number of nitrogens with zero attached hydrogens (tertiary/aromatic N) is 3. The summed E-state index contributed by atoms with van der Waals surface area (Å²) in [4.78, 5) is 14.7. The van der Waals surface area contributed by atoms with Crippen LogP contribution in [-0.4, -0.2) is 15.0 Å². The van der Waals surface area contributed by atoms with Crippen molar-refractivity contribution in [2.75, 3.05) is 0 Å². The van der Waals surface area contributed by atoms with Crippen LogP contribution in [0.5, 0.6) is 0 Å². The number of benzene rings is 8. The fraction of sp³-hybridized carbons (Fsp3) is 0. The van der Waals surface area contributed by atoms with Crippen LogP contribution in [0.2, 0.25) is 0 Å². The summed E-state index contributed by atoms with van der Waals surface area (Å²) in [6, 6.07) is 69.5. The van der Waals surface area contributed by atoms with Crippen LogP contribution in [0, 0.1) is 0 Å². The molecule has 0 atom stereocenters. The maximum absolute atomic E-state index is 6.54. The SMILES string of the molecule is c1ccc(-c2cc(-c3ccccc3)cc(-c3ccc(-c4cccc5oc6cc(-c7nc(-c8ccccc8)nc(-c8ccccc8)n7)ccc6c45)cc3)c2)cc1. The van der Waals surface area contributed by atoms with Gasteiger partial charge in [-0.3, -0.25) is 0 Å². The second-order valence-electron chi connectivity index (χ2n) is 13.6. The molecule has 4 nitrogen and oxygen atoms in total. The molecule has 8 aromatic carbocycles. The van der Waals surface area contributed by atoms with Gasteiger partial charge in [0, 0.05) is 27.5 Å². The van der Waals surface area contributed by atoms with Gasteiger partial charge in [-0.1, -0.05) is 164 Å². The molecule has 0 unspecified atom stereocenters. The molecule has 0 fully saturated rings. The number of rotatable bonds is 7. The summed E-state index contributed by atoms with van der Waals surface area (Å²) < 4.78 is 6.54. The fourth-order valence-corrected chi connectivity index (χ4v) is 7.37. The van der Waals surface area contributed by atoms with Crippen molar-refractivity contribution >= 4 is 21.9 Å². The number of fused-ring (bicyclic) bond motifs is 3. The molecular formula is C51H33N3O. The predicted octanol–water partition coefficient (Wildman–Crippen LogP) is 13.4. The van der Waals surface area contributed by atoms with Gasteiger partial charge in [-0.2, -0.15) is 0 Å². The molecule has 2 heterocycles. The first-order valence-corrected chi connectivity index (χ1v) is 18.4. The van der Waals surface area contributed by atoms with Crippen molar-refractivity contribution < 1.29 is 4.42 Å². The van der Waals surface area contributed by atoms with Crippen LogP contribution in [0.15, 0.2) is 205 Å². The lowest BCUT2D eigenvalue weighted by Crippen LogP contribution is -2.00. The van der Waals surface area contributed by atoms with E-state index in [0.717, 1.165) is 55.3 Å². The van der Waals surface area contributed by atoms with E-state index < -0.39 is 0 Å². The Hall–Kier alpha value is -7.43. The molecule has 4 heteroatoms. The van der Waals surface area contributed by atoms with Crippen molar-refractivity contribution in [2.45, 2.75) is 0 Å². The first-order valence-electron chi connectivity index (χ1n) is 18.4. The molecule has 55 heavy (non-hydrogen) atoms. The van der Waals surface area contributed by atoms with Gasteiger partial charge in [-0.25, -0.2) is 15.0 Å². The number of furan rings is 1. The molecule has 0 spiro atoms. The lowest BCUT2D eigenvalue weighted by Gasteiger charge is -2.12. The summed E-state index contributed by atoms with van der Waals surface area (Å²) in [5, 5.41) is 2.13. The highest BCUT2D eigenvalue weighted by Gasteiger charge is 2.17. The third-order valence-electron chi connectivity index (χ3n) is 10.1. The van der Waals surface area contributed by atoms with E-state index in [0.29, 0.717) is 17.5 Å². The molecule has 0 N–H and O–H groups in total. The number of aromatic nitrogens is 3. The van der Waals surface area contributed by atoms with Crippen molar-refractivity contribution in [2.24, 2.45) is 0 Å². The Morgan fingerprint density at radius 2 is 0.691 bits per heavy atom. The molecule has 0 saturated heterocycles. The van der Waals surface area contributed by atoms with E-state index in [1.807, 2.05) is 72.8 Å². The summed E-state index contributed by atoms with van der Waals surface area (Å²) >= 11 is 0. The van der Waals surface area contributed by atoms with Gasteiger partial charge < -0.3 is 4.42 Å². The summed E-state index contributed by atoms with van der Waals surface area (Å²) in [5.41, 5.74) is 13.7. The average Bonchev–Trinajstić information content (AvgIpc) is 3.66. The normalized spacial score (nSPS) is 11.3. The zero-order valence-electron chi connectivity index (χ0n) is 29.8. The predicted molar refractivity (Wildman–Crippen MR) is 225 cm³/mol. The molecule has 0 saturated carbocycles. The Balaban J connectivity index is 1.04. The molecule has 10 aromatic rings. The van der Waals surface area contributed by atoms with Crippen LogP contribution in [0.1, 0.15) is 0 Å². The van der Waals surface area contributed by atoms with Crippen molar-refractivity contribution in [3.63, 3.8) is 0 Å². The minimum Gasteiger partial charge on any atom is -0.456 e. The molecule has 0 aliphatic rings. The molecule has 0 amide bonds. The second-order valence-corrected chi connectivity index (χ2v) is 13.6. The standard InChI is InChI=1S/C51H33N3O/c1-5-14-34(15-6-1)41-30-42(35-16-7-2-8-17-35)32-43(31-41)36-24-26-37(27-25-36)44-22-13-23-46-48(44)45-29-28-40(33-47(45)55-46)51-53-49(38-18-9-3-10-19-38)52-50(54-51)39-20-11-4-12-21-39/h1-33H. The topological polar surface area (TPSA) is 51.8 Å². The van der Waals surface area contributed by atoms with Crippen molar-refractivity contribution in [1.82, 2.24) is 15.0 Å². The van der Waals surface area contributed by atoms with Gasteiger partial charge in [0.15, 0.2) is 17.5 Å². The Bertz CT molecular complexity index is 2820. The highest BCUT2D eigenvalue weighted by Crippen LogP contribution is 2.39. The van der Waals surface area contributed by atoms with Gasteiger partial charge in [0.1, 0.15) is 11.2 Å². The van der Waals surface area contributed by atoms with Crippen LogP contribution in [-0.2, 0) is 0 Å². The van der Waals surface area contributed by atoms with Gasteiger partial charge >= 0.3 is 0 Å². The highest BCUT2D eigenvalue weighted by atomic mass is 16.3. The zero-order valence-corrected chi connectivity index (χ0v) is 29.8. The van der Waals surface area contributed by atoms with Gasteiger partial charge in [0.05, 0.1) is 0 Å². The van der Waals surface area contributed by atoms with E-state index in [1.54, 1.807) is 0 Å². The van der Waals surface area contributed by atoms with Crippen LogP contribution < -0.4 is 0 Å². The molecule has 2 aromatic heterocycles. The first-order chi connectivity index (χ1) is 27.2. The van der Waals surface area contributed by atoms with Crippen LogP contribution in [0.25, 0.3) is 101 Å². The van der Waals surface area contributed by atoms with E-state index in [4.69, 9.17) is 19.4 Å². The molecular weight excluding hydrogens is 671 g/mol. The quantitative estimate of drug-likeness (QED) is 0.166. The maximum Gasteiger partial charge on any atom is 0.164 e. The summed E-state index contributed by atoms with van der Waals surface area (Å²) in [5.74, 6) is 1.85. The van der Waals surface area contributed by atoms with Crippen LogP contribution in [0.3, 0.4) is 0 Å². The molecule has 0 aliphatic carbocycles. The monoisotopic (exact) mass is 703 g/mol. The first kappa shape index (κ1) is 32.2. The number of hydrogen-bond donors (Lipinski definition) is 0. The third kappa shape index (κ3) is 6.26. The maximum atomic E-state index is 6.54. The Morgan fingerprint density at radius 3 is 1.20 bits per heavy atom. The second kappa shape index (κ2) is 13.8. The number of hydrogen-bond acceptors (Lipinski definition) is 4. The highest BCUT2D eigenvalue weighted by molar-refractivity contribution is 6.13. The van der Waals surface area contributed by atoms with Crippen LogP contribution >= 0.6 is 0 Å². The smallest absolute Gasteiger partial charge is 0.164 e. The lowest BCUT2D eigenvalue weighted by molar-refractivity contribution is 0.669. The van der Waals surface area contributed by atoms with E-state index in [2.05, 4.69) is 127 Å². The van der Waals surface area contributed by atoms with Crippen molar-refractivity contribution in [1.29, 1.82) is 0 Å². The Labute approximate surface area is 319 Å². The van der Waals surface area contributed by atoms with Crippen molar-refractivity contribution in [3.8, 4) is 78.7 Å². The minimum atomic E-state index is 0.595. The Morgan fingerprint density at radius 1 is 0.273 bits per heavy atom. The van der Waals surface area contributed by atoms with Gasteiger partial charge in [-0.15, -0.1) is 0 Å². The summed E-state index contributed by atoms with van der Waals surface area (Å²) in [6.07, 6.45) is 0. The van der Waals surface area contributed by atoms with Gasteiger partial charge in [0.2, 0.25) is 0 Å². The van der Waals surface area contributed by atoms with Gasteiger partial charge in [0.25, 0.3) is 0 Å². The largest absolute Gasteiger partial charge is 0.456 e. The molecule has 10 rings (SSSR count). The zero-order chi connectivity index (χ0) is 36.6. The fourth-order valence-electron chi connectivity index (χ4n) is 7.37. The Kier molecular flexibility index (Phi) is 8.12. The molecule has 0 bridgehead atoms. The van der Waals surface area contributed by atoms with Crippen LogP contribution in [0.4, 0.5) is 0 Å². The van der Waals surface area contributed by atoms with Crippen molar-refractivity contribution in [3.05, 3.63) is 200 Å². The molecule has 0 aliphatic heterocycles. The van der Waals surface area contributed by atoms with E-state index in [9.17, 15) is 0 Å². The van der Waals surface area contributed by atoms with E-state index in [-0.39, 0.29) is 0 Å². The lowest BCUT2D eigenvalue weighted by atomic mass is 9.92. The summed E-state index contributed by atoms with van der Waals surface area (Å²) in [6.45, 7) is 0. The van der Waals surface area contributed by atoms with Gasteiger partial charge in [-0.05, 0) is 80.9 Å².